The number of rotatable bonds is 6. The van der Waals surface area contributed by atoms with Crippen molar-refractivity contribution < 1.29 is 0 Å². The third-order valence-corrected chi connectivity index (χ3v) is 2.55. The van der Waals surface area contributed by atoms with Gasteiger partial charge in [-0.3, -0.25) is 14.3 Å². The number of hydrogen-bond donors (Lipinski definition) is 3. The van der Waals surface area contributed by atoms with Crippen molar-refractivity contribution in [2.75, 3.05) is 17.6 Å². The molecule has 0 aliphatic rings. The number of nitrogens with one attached hydrogen (secondary N) is 2. The van der Waals surface area contributed by atoms with Gasteiger partial charge < -0.3 is 11.1 Å². The molecule has 6 heteroatoms. The highest BCUT2D eigenvalue weighted by Crippen LogP contribution is 2.10. The van der Waals surface area contributed by atoms with Gasteiger partial charge in [-0.25, -0.2) is 4.79 Å². The van der Waals surface area contributed by atoms with Gasteiger partial charge in [0.1, 0.15) is 11.5 Å². The Labute approximate surface area is 105 Å². The van der Waals surface area contributed by atoms with Crippen LogP contribution < -0.4 is 22.3 Å². The summed E-state index contributed by atoms with van der Waals surface area (Å²) in [7, 11) is 0. The fraction of sp³-hybridized carbons (Fsp3) is 0.500. The number of anilines is 2. The van der Waals surface area contributed by atoms with Gasteiger partial charge in [-0.1, -0.05) is 13.3 Å². The van der Waals surface area contributed by atoms with Gasteiger partial charge in [0.15, 0.2) is 0 Å². The van der Waals surface area contributed by atoms with Gasteiger partial charge >= 0.3 is 5.69 Å². The van der Waals surface area contributed by atoms with Crippen LogP contribution in [0, 0.1) is 12.3 Å². The van der Waals surface area contributed by atoms with Gasteiger partial charge in [-0.15, -0.1) is 12.3 Å². The van der Waals surface area contributed by atoms with Crippen LogP contribution in [0.25, 0.3) is 0 Å². The Bertz CT molecular complexity index is 551. The van der Waals surface area contributed by atoms with Crippen molar-refractivity contribution in [1.29, 1.82) is 0 Å². The molecule has 0 aliphatic carbocycles. The average Bonchev–Trinajstić information content (AvgIpc) is 2.33. The summed E-state index contributed by atoms with van der Waals surface area (Å²) < 4.78 is 1.36. The predicted octanol–water partition coefficient (Wildman–Crippen LogP) is 0.354. The molecule has 1 rings (SSSR count). The Morgan fingerprint density at radius 1 is 1.50 bits per heavy atom. The highest BCUT2D eigenvalue weighted by atomic mass is 16.2. The highest BCUT2D eigenvalue weighted by Gasteiger charge is 2.10. The highest BCUT2D eigenvalue weighted by molar-refractivity contribution is 5.60. The normalized spacial score (nSPS) is 10.0. The minimum Gasteiger partial charge on any atom is -0.383 e. The Morgan fingerprint density at radius 3 is 2.83 bits per heavy atom. The van der Waals surface area contributed by atoms with Crippen LogP contribution in [0.15, 0.2) is 9.59 Å². The Hall–Kier alpha value is -2.16. The summed E-state index contributed by atoms with van der Waals surface area (Å²) in [6.45, 7) is 2.94. The van der Waals surface area contributed by atoms with Gasteiger partial charge in [0.25, 0.3) is 5.56 Å². The molecule has 0 spiro atoms. The van der Waals surface area contributed by atoms with E-state index in [1.165, 1.54) is 4.57 Å². The maximum atomic E-state index is 11.6. The molecule has 0 unspecified atom stereocenters. The lowest BCUT2D eigenvalue weighted by molar-refractivity contribution is 0.605. The van der Waals surface area contributed by atoms with Crippen molar-refractivity contribution in [3.8, 4) is 12.3 Å². The van der Waals surface area contributed by atoms with Crippen LogP contribution in [0.1, 0.15) is 26.2 Å². The van der Waals surface area contributed by atoms with Crippen LogP contribution in [0.3, 0.4) is 0 Å². The molecule has 0 saturated heterocycles. The van der Waals surface area contributed by atoms with E-state index in [9.17, 15) is 9.59 Å². The van der Waals surface area contributed by atoms with Crippen LogP contribution in [-0.4, -0.2) is 16.1 Å². The summed E-state index contributed by atoms with van der Waals surface area (Å²) in [5.41, 5.74) is 5.06. The third kappa shape index (κ3) is 3.17. The van der Waals surface area contributed by atoms with Crippen LogP contribution in [0.5, 0.6) is 0 Å². The first-order valence-corrected chi connectivity index (χ1v) is 5.91. The van der Waals surface area contributed by atoms with Gasteiger partial charge in [-0.2, -0.15) is 0 Å². The minimum atomic E-state index is -0.512. The molecule has 4 N–H and O–H groups in total. The van der Waals surface area contributed by atoms with E-state index in [1.807, 2.05) is 6.92 Å². The van der Waals surface area contributed by atoms with E-state index < -0.39 is 11.2 Å². The molecular formula is C12H18N4O2. The zero-order chi connectivity index (χ0) is 13.5. The summed E-state index contributed by atoms with van der Waals surface area (Å²) in [5.74, 6) is 2.61. The lowest BCUT2D eigenvalue weighted by Crippen LogP contribution is -2.34. The molecular weight excluding hydrogens is 232 g/mol. The molecule has 6 nitrogen and oxygen atoms in total. The van der Waals surface area contributed by atoms with Gasteiger partial charge in [0.05, 0.1) is 0 Å². The summed E-state index contributed by atoms with van der Waals surface area (Å²) in [5, 5.41) is 2.86. The van der Waals surface area contributed by atoms with Gasteiger partial charge in [0, 0.05) is 19.5 Å². The lowest BCUT2D eigenvalue weighted by Gasteiger charge is -2.12. The van der Waals surface area contributed by atoms with E-state index in [1.54, 1.807) is 0 Å². The van der Waals surface area contributed by atoms with Crippen molar-refractivity contribution in [3.05, 3.63) is 20.8 Å². The number of nitrogens with two attached hydrogens (primary N) is 1. The van der Waals surface area contributed by atoms with Crippen molar-refractivity contribution in [3.63, 3.8) is 0 Å². The van der Waals surface area contributed by atoms with Crippen LogP contribution in [0.2, 0.25) is 0 Å². The predicted molar refractivity (Wildman–Crippen MR) is 72.6 cm³/mol. The van der Waals surface area contributed by atoms with E-state index in [2.05, 4.69) is 16.2 Å². The average molecular weight is 250 g/mol. The Morgan fingerprint density at radius 2 is 2.22 bits per heavy atom. The largest absolute Gasteiger partial charge is 0.383 e. The summed E-state index contributed by atoms with van der Waals surface area (Å²) in [6.07, 6.45) is 7.36. The van der Waals surface area contributed by atoms with Gasteiger partial charge in [-0.05, 0) is 6.42 Å². The molecule has 0 fully saturated rings. The first-order chi connectivity index (χ1) is 8.61. The second kappa shape index (κ2) is 6.55. The maximum absolute atomic E-state index is 11.6. The Kier molecular flexibility index (Phi) is 5.06. The molecule has 0 atom stereocenters. The SMILES string of the molecule is C#CCCNc1c(N)n(CCCC)c(=O)[nH]c1=O. The van der Waals surface area contributed by atoms with Gasteiger partial charge in [0.2, 0.25) is 0 Å². The van der Waals surface area contributed by atoms with E-state index in [0.29, 0.717) is 19.5 Å². The first-order valence-electron chi connectivity index (χ1n) is 5.91. The van der Waals surface area contributed by atoms with Crippen LogP contribution in [0.4, 0.5) is 11.5 Å². The fourth-order valence-corrected chi connectivity index (χ4v) is 1.56. The molecule has 98 valence electrons. The number of unbranched alkanes of at least 4 members (excludes halogenated alkanes) is 1. The van der Waals surface area contributed by atoms with E-state index in [4.69, 9.17) is 12.2 Å². The number of aromatic amines is 1. The molecule has 0 bridgehead atoms. The van der Waals surface area contributed by atoms with E-state index >= 15 is 0 Å². The second-order valence-electron chi connectivity index (χ2n) is 3.91. The number of aromatic nitrogens is 2. The minimum absolute atomic E-state index is 0.161. The third-order valence-electron chi connectivity index (χ3n) is 2.55. The summed E-state index contributed by atoms with van der Waals surface area (Å²) in [4.78, 5) is 25.5. The fourth-order valence-electron chi connectivity index (χ4n) is 1.56. The van der Waals surface area contributed by atoms with E-state index in [-0.39, 0.29) is 11.5 Å². The number of H-pyrrole nitrogens is 1. The van der Waals surface area contributed by atoms with Crippen LogP contribution >= 0.6 is 0 Å². The molecule has 1 aromatic heterocycles. The van der Waals surface area contributed by atoms with Crippen LogP contribution in [-0.2, 0) is 6.54 Å². The molecule has 1 heterocycles. The molecule has 0 aliphatic heterocycles. The number of hydrogen-bond acceptors (Lipinski definition) is 4. The molecule has 1 aromatic rings. The standard InChI is InChI=1S/C12H18N4O2/c1-3-5-7-14-9-10(13)16(8-6-4-2)12(18)15-11(9)17/h1,14H,4-8,13H2,2H3,(H,15,17,18). The van der Waals surface area contributed by atoms with E-state index in [0.717, 1.165) is 12.8 Å². The zero-order valence-electron chi connectivity index (χ0n) is 10.5. The van der Waals surface area contributed by atoms with Crippen molar-refractivity contribution >= 4 is 11.5 Å². The molecule has 0 amide bonds. The molecule has 0 saturated carbocycles. The summed E-state index contributed by atoms with van der Waals surface area (Å²) >= 11 is 0. The van der Waals surface area contributed by atoms with Crippen molar-refractivity contribution in [1.82, 2.24) is 9.55 Å². The molecule has 0 radical (unpaired) electrons. The Balaban J connectivity index is 3.07. The lowest BCUT2D eigenvalue weighted by atomic mass is 10.3. The smallest absolute Gasteiger partial charge is 0.330 e. The topological polar surface area (TPSA) is 92.9 Å². The zero-order valence-corrected chi connectivity index (χ0v) is 10.5. The maximum Gasteiger partial charge on any atom is 0.330 e. The quantitative estimate of drug-likeness (QED) is 0.502. The molecule has 0 aromatic carbocycles. The van der Waals surface area contributed by atoms with Crippen molar-refractivity contribution in [2.24, 2.45) is 0 Å². The molecule has 18 heavy (non-hydrogen) atoms. The number of nitrogens with zero attached hydrogens (tertiary/aromatic N) is 1. The second-order valence-corrected chi connectivity index (χ2v) is 3.91. The van der Waals surface area contributed by atoms with Crippen molar-refractivity contribution in [2.45, 2.75) is 32.7 Å². The monoisotopic (exact) mass is 250 g/mol. The number of nitrogen functional groups attached to an aromatic ring is 1. The number of terminal acetylenes is 1. The first kappa shape index (κ1) is 13.9. The summed E-state index contributed by atoms with van der Waals surface area (Å²) in [6, 6.07) is 0.